The number of aromatic nitrogens is 1. The molecule has 0 aliphatic rings. The molecule has 31 heavy (non-hydrogen) atoms. The van der Waals surface area contributed by atoms with E-state index in [2.05, 4.69) is 40.1 Å². The SMILES string of the molecule is CC[C@H](C)c1ccc(OCC(=O)Nc2ccc3oc(-c4cccc(Br)c4)nc3c2)cc1. The summed E-state index contributed by atoms with van der Waals surface area (Å²) in [4.78, 5) is 16.9. The lowest BCUT2D eigenvalue weighted by Crippen LogP contribution is -2.20. The summed E-state index contributed by atoms with van der Waals surface area (Å²) >= 11 is 3.46. The Morgan fingerprint density at radius 2 is 1.94 bits per heavy atom. The van der Waals surface area contributed by atoms with Crippen molar-refractivity contribution in [2.75, 3.05) is 11.9 Å². The number of nitrogens with one attached hydrogen (secondary N) is 1. The summed E-state index contributed by atoms with van der Waals surface area (Å²) < 4.78 is 12.4. The molecule has 3 aromatic carbocycles. The van der Waals surface area contributed by atoms with Crippen LogP contribution in [0.4, 0.5) is 5.69 Å². The van der Waals surface area contributed by atoms with Gasteiger partial charge < -0.3 is 14.5 Å². The Labute approximate surface area is 189 Å². The highest BCUT2D eigenvalue weighted by molar-refractivity contribution is 9.10. The monoisotopic (exact) mass is 478 g/mol. The van der Waals surface area contributed by atoms with Crippen molar-refractivity contribution in [2.45, 2.75) is 26.2 Å². The Balaban J connectivity index is 1.39. The van der Waals surface area contributed by atoms with E-state index in [1.54, 1.807) is 18.2 Å². The van der Waals surface area contributed by atoms with Gasteiger partial charge in [-0.25, -0.2) is 4.98 Å². The van der Waals surface area contributed by atoms with E-state index < -0.39 is 0 Å². The van der Waals surface area contributed by atoms with Crippen LogP contribution >= 0.6 is 15.9 Å². The number of hydrogen-bond donors (Lipinski definition) is 1. The molecule has 4 aromatic rings. The molecule has 0 unspecified atom stereocenters. The van der Waals surface area contributed by atoms with Crippen LogP contribution in [0.2, 0.25) is 0 Å². The molecule has 1 heterocycles. The minimum Gasteiger partial charge on any atom is -0.484 e. The number of hydrogen-bond acceptors (Lipinski definition) is 4. The highest BCUT2D eigenvalue weighted by atomic mass is 79.9. The number of halogens is 1. The molecule has 158 valence electrons. The fraction of sp³-hybridized carbons (Fsp3) is 0.200. The van der Waals surface area contributed by atoms with E-state index in [-0.39, 0.29) is 12.5 Å². The Morgan fingerprint density at radius 3 is 2.68 bits per heavy atom. The van der Waals surface area contributed by atoms with Gasteiger partial charge in [0, 0.05) is 15.7 Å². The van der Waals surface area contributed by atoms with Crippen LogP contribution in [-0.4, -0.2) is 17.5 Å². The number of carbonyl (C=O) groups excluding carboxylic acids is 1. The second kappa shape index (κ2) is 9.35. The maximum absolute atomic E-state index is 12.3. The van der Waals surface area contributed by atoms with Gasteiger partial charge in [0.2, 0.25) is 5.89 Å². The van der Waals surface area contributed by atoms with Crippen LogP contribution in [0.25, 0.3) is 22.6 Å². The Kier molecular flexibility index (Phi) is 6.37. The van der Waals surface area contributed by atoms with Gasteiger partial charge in [0.25, 0.3) is 5.91 Å². The quantitative estimate of drug-likeness (QED) is 0.317. The number of benzene rings is 3. The summed E-state index contributed by atoms with van der Waals surface area (Å²) in [5.41, 5.74) is 4.12. The van der Waals surface area contributed by atoms with Crippen molar-refractivity contribution in [3.05, 3.63) is 76.8 Å². The van der Waals surface area contributed by atoms with Crippen LogP contribution in [-0.2, 0) is 4.79 Å². The van der Waals surface area contributed by atoms with Crippen molar-refractivity contribution in [1.29, 1.82) is 0 Å². The van der Waals surface area contributed by atoms with Gasteiger partial charge in [-0.3, -0.25) is 4.79 Å². The number of nitrogens with zero attached hydrogens (tertiary/aromatic N) is 1. The van der Waals surface area contributed by atoms with Crippen molar-refractivity contribution in [1.82, 2.24) is 4.98 Å². The Morgan fingerprint density at radius 1 is 1.13 bits per heavy atom. The van der Waals surface area contributed by atoms with Crippen LogP contribution in [0.3, 0.4) is 0 Å². The van der Waals surface area contributed by atoms with Crippen molar-refractivity contribution in [2.24, 2.45) is 0 Å². The normalized spacial score (nSPS) is 12.0. The van der Waals surface area contributed by atoms with Gasteiger partial charge in [0.1, 0.15) is 11.3 Å². The van der Waals surface area contributed by atoms with Crippen LogP contribution in [0.15, 0.2) is 75.6 Å². The first-order valence-corrected chi connectivity index (χ1v) is 11.0. The maximum atomic E-state index is 12.3. The average molecular weight is 479 g/mol. The molecule has 0 aliphatic heterocycles. The average Bonchev–Trinajstić information content (AvgIpc) is 3.21. The van der Waals surface area contributed by atoms with Gasteiger partial charge in [0.15, 0.2) is 12.2 Å². The van der Waals surface area contributed by atoms with Crippen molar-refractivity contribution >= 4 is 38.6 Å². The summed E-state index contributed by atoms with van der Waals surface area (Å²) in [6, 6.07) is 21.0. The van der Waals surface area contributed by atoms with Gasteiger partial charge in [-0.05, 0) is 66.4 Å². The number of ether oxygens (including phenoxy) is 1. The molecule has 0 saturated heterocycles. The molecule has 1 atom stereocenters. The zero-order chi connectivity index (χ0) is 21.8. The molecular weight excluding hydrogens is 456 g/mol. The number of rotatable bonds is 7. The molecule has 6 heteroatoms. The third-order valence-corrected chi connectivity index (χ3v) is 5.67. The van der Waals surface area contributed by atoms with E-state index in [1.807, 2.05) is 48.5 Å². The van der Waals surface area contributed by atoms with Gasteiger partial charge >= 0.3 is 0 Å². The smallest absolute Gasteiger partial charge is 0.262 e. The minimum absolute atomic E-state index is 0.0666. The largest absolute Gasteiger partial charge is 0.484 e. The molecule has 1 amide bonds. The Bertz CT molecular complexity index is 1200. The number of anilines is 1. The molecule has 4 rings (SSSR count). The molecule has 0 aliphatic carbocycles. The van der Waals surface area contributed by atoms with E-state index in [4.69, 9.17) is 9.15 Å². The number of carbonyl (C=O) groups is 1. The predicted octanol–water partition coefficient (Wildman–Crippen LogP) is 6.79. The molecule has 1 aromatic heterocycles. The molecule has 0 spiro atoms. The molecule has 0 radical (unpaired) electrons. The number of fused-ring (bicyclic) bond motifs is 1. The van der Waals surface area contributed by atoms with Gasteiger partial charge in [-0.1, -0.05) is 48.0 Å². The first-order valence-electron chi connectivity index (χ1n) is 10.2. The summed E-state index contributed by atoms with van der Waals surface area (Å²) in [6.45, 7) is 4.29. The topological polar surface area (TPSA) is 64.4 Å². The van der Waals surface area contributed by atoms with Crippen LogP contribution in [0, 0.1) is 0 Å². The maximum Gasteiger partial charge on any atom is 0.262 e. The van der Waals surface area contributed by atoms with E-state index in [1.165, 1.54) is 5.56 Å². The lowest BCUT2D eigenvalue weighted by Gasteiger charge is -2.11. The highest BCUT2D eigenvalue weighted by Crippen LogP contribution is 2.28. The predicted molar refractivity (Wildman–Crippen MR) is 126 cm³/mol. The molecular formula is C25H23BrN2O3. The van der Waals surface area contributed by atoms with Gasteiger partial charge in [-0.2, -0.15) is 0 Å². The molecule has 5 nitrogen and oxygen atoms in total. The van der Waals surface area contributed by atoms with Crippen LogP contribution in [0.1, 0.15) is 31.7 Å². The standard InChI is InChI=1S/C25H23BrN2O3/c1-3-16(2)17-7-10-21(11-8-17)30-15-24(29)27-20-9-12-23-22(14-20)28-25(31-23)18-5-4-6-19(26)13-18/h4-14,16H,3,15H2,1-2H3,(H,27,29)/t16-/m0/s1. The zero-order valence-corrected chi connectivity index (χ0v) is 19.0. The number of amides is 1. The van der Waals surface area contributed by atoms with Crippen molar-refractivity contribution in [3.63, 3.8) is 0 Å². The fourth-order valence-electron chi connectivity index (χ4n) is 3.22. The van der Waals surface area contributed by atoms with Gasteiger partial charge in [-0.15, -0.1) is 0 Å². The van der Waals surface area contributed by atoms with Gasteiger partial charge in [0.05, 0.1) is 0 Å². The first-order chi connectivity index (χ1) is 15.0. The summed E-state index contributed by atoms with van der Waals surface area (Å²) in [7, 11) is 0. The van der Waals surface area contributed by atoms with Crippen LogP contribution in [0.5, 0.6) is 5.75 Å². The third kappa shape index (κ3) is 5.14. The second-order valence-corrected chi connectivity index (χ2v) is 8.34. The van der Waals surface area contributed by atoms with E-state index >= 15 is 0 Å². The van der Waals surface area contributed by atoms with E-state index in [0.29, 0.717) is 34.3 Å². The number of oxazole rings is 1. The summed E-state index contributed by atoms with van der Waals surface area (Å²) in [6.07, 6.45) is 1.09. The van der Waals surface area contributed by atoms with Crippen molar-refractivity contribution in [3.8, 4) is 17.2 Å². The summed E-state index contributed by atoms with van der Waals surface area (Å²) in [5, 5.41) is 2.85. The zero-order valence-electron chi connectivity index (χ0n) is 17.4. The van der Waals surface area contributed by atoms with Crippen LogP contribution < -0.4 is 10.1 Å². The molecule has 0 bridgehead atoms. The summed E-state index contributed by atoms with van der Waals surface area (Å²) in [5.74, 6) is 1.48. The molecule has 1 N–H and O–H groups in total. The lowest BCUT2D eigenvalue weighted by molar-refractivity contribution is -0.118. The highest BCUT2D eigenvalue weighted by Gasteiger charge is 2.11. The minimum atomic E-state index is -0.235. The third-order valence-electron chi connectivity index (χ3n) is 5.17. The fourth-order valence-corrected chi connectivity index (χ4v) is 3.62. The van der Waals surface area contributed by atoms with E-state index in [0.717, 1.165) is 16.5 Å². The second-order valence-electron chi connectivity index (χ2n) is 7.43. The van der Waals surface area contributed by atoms with E-state index in [9.17, 15) is 4.79 Å². The lowest BCUT2D eigenvalue weighted by atomic mass is 9.99. The molecule has 0 saturated carbocycles. The Hall–Kier alpha value is -3.12. The first kappa shape index (κ1) is 21.1. The van der Waals surface area contributed by atoms with Crippen molar-refractivity contribution < 1.29 is 13.9 Å². The molecule has 0 fully saturated rings.